The average Bonchev–Trinajstić information content (AvgIpc) is 3.19. The van der Waals surface area contributed by atoms with Gasteiger partial charge in [-0.15, -0.1) is 6.42 Å². The number of carbonyl (C=O) groups excluding carboxylic acids is 1. The van der Waals surface area contributed by atoms with Gasteiger partial charge in [-0.05, 0) is 40.0 Å². The van der Waals surface area contributed by atoms with Crippen LogP contribution in [0, 0.1) is 24.2 Å². The molecule has 6 aromatic carbocycles. The topological polar surface area (TPSA) is 37.3 Å². The van der Waals surface area contributed by atoms with E-state index in [0.29, 0.717) is 11.1 Å². The molecule has 0 aromatic heterocycles. The van der Waals surface area contributed by atoms with E-state index in [1.54, 1.807) is 54.6 Å². The highest BCUT2D eigenvalue weighted by molar-refractivity contribution is 6.11. The van der Waals surface area contributed by atoms with Crippen molar-refractivity contribution in [2.75, 3.05) is 0 Å². The summed E-state index contributed by atoms with van der Waals surface area (Å²) in [5.74, 6) is 9.20. The van der Waals surface area contributed by atoms with E-state index < -0.39 is 16.8 Å². The first-order valence-corrected chi connectivity index (χ1v) is 16.1. The Morgan fingerprint density at radius 3 is 1.31 bits per heavy atom. The number of hydrogen-bond acceptors (Lipinski definition) is 2. The first-order chi connectivity index (χ1) is 24.0. The van der Waals surface area contributed by atoms with E-state index in [4.69, 9.17) is 6.42 Å². The van der Waals surface area contributed by atoms with E-state index in [2.05, 4.69) is 42.0 Å². The lowest BCUT2D eigenvalue weighted by atomic mass is 9.70. The summed E-state index contributed by atoms with van der Waals surface area (Å²) < 4.78 is 0. The number of allylic oxidation sites excluding steroid dienone is 2. The molecule has 6 aromatic rings. The Balaban J connectivity index is 1.69. The summed E-state index contributed by atoms with van der Waals surface area (Å²) in [5.41, 5.74) is 2.19. The number of Topliss-reactive ketones (excluding diaryl/α,β-unsaturated/α-hetero) is 1. The van der Waals surface area contributed by atoms with Crippen LogP contribution in [0.5, 0.6) is 0 Å². The minimum Gasteiger partial charge on any atom is -0.369 e. The number of aliphatic hydroxyl groups is 1. The van der Waals surface area contributed by atoms with Gasteiger partial charge in [-0.3, -0.25) is 4.79 Å². The van der Waals surface area contributed by atoms with E-state index in [0.717, 1.165) is 27.8 Å². The third kappa shape index (κ3) is 6.97. The minimum absolute atomic E-state index is 0.0322. The summed E-state index contributed by atoms with van der Waals surface area (Å²) in [5, 5.41) is 12.5. The van der Waals surface area contributed by atoms with Crippen LogP contribution in [-0.4, -0.2) is 10.9 Å². The molecular formula is C47H34O2. The lowest BCUT2D eigenvalue weighted by Crippen LogP contribution is -2.34. The van der Waals surface area contributed by atoms with Crippen LogP contribution in [-0.2, 0) is 11.0 Å². The summed E-state index contributed by atoms with van der Waals surface area (Å²) in [7, 11) is 0. The lowest BCUT2D eigenvalue weighted by molar-refractivity contribution is 0.0912. The number of hydrogen-bond donors (Lipinski definition) is 1. The van der Waals surface area contributed by atoms with Crippen LogP contribution in [0.1, 0.15) is 38.2 Å². The first kappa shape index (κ1) is 32.5. The van der Waals surface area contributed by atoms with E-state index in [1.165, 1.54) is 0 Å². The molecule has 2 heteroatoms. The van der Waals surface area contributed by atoms with Gasteiger partial charge in [0.05, 0.1) is 0 Å². The van der Waals surface area contributed by atoms with Gasteiger partial charge < -0.3 is 5.11 Å². The molecule has 0 spiro atoms. The van der Waals surface area contributed by atoms with Crippen LogP contribution in [0.15, 0.2) is 200 Å². The molecule has 0 fully saturated rings. The zero-order valence-electron chi connectivity index (χ0n) is 26.9. The van der Waals surface area contributed by atoms with Gasteiger partial charge in [0.1, 0.15) is 5.41 Å². The second-order valence-electron chi connectivity index (χ2n) is 11.6. The van der Waals surface area contributed by atoms with Crippen molar-refractivity contribution in [3.05, 3.63) is 233 Å². The van der Waals surface area contributed by atoms with Crippen molar-refractivity contribution in [3.8, 4) is 24.2 Å². The van der Waals surface area contributed by atoms with Gasteiger partial charge in [0.25, 0.3) is 0 Å². The summed E-state index contributed by atoms with van der Waals surface area (Å²) in [6.45, 7) is 0. The van der Waals surface area contributed by atoms with Crippen molar-refractivity contribution in [2.24, 2.45) is 0 Å². The van der Waals surface area contributed by atoms with Crippen LogP contribution in [0.3, 0.4) is 0 Å². The molecule has 234 valence electrons. The second-order valence-corrected chi connectivity index (χ2v) is 11.6. The van der Waals surface area contributed by atoms with E-state index >= 15 is 0 Å². The zero-order valence-corrected chi connectivity index (χ0v) is 26.9. The number of carbonyl (C=O) groups is 1. The molecule has 0 radical (unpaired) electrons. The Morgan fingerprint density at radius 1 is 0.531 bits per heavy atom. The fourth-order valence-corrected chi connectivity index (χ4v) is 6.00. The Labute approximate surface area is 288 Å². The van der Waals surface area contributed by atoms with E-state index in [-0.39, 0.29) is 5.57 Å². The summed E-state index contributed by atoms with van der Waals surface area (Å²) in [6, 6.07) is 57.6. The summed E-state index contributed by atoms with van der Waals surface area (Å²) >= 11 is 0. The highest BCUT2D eigenvalue weighted by Crippen LogP contribution is 2.40. The Kier molecular flexibility index (Phi) is 9.93. The molecule has 0 amide bonds. The van der Waals surface area contributed by atoms with Gasteiger partial charge >= 0.3 is 0 Å². The molecule has 1 unspecified atom stereocenters. The third-order valence-corrected chi connectivity index (χ3v) is 8.55. The van der Waals surface area contributed by atoms with E-state index in [1.807, 2.05) is 115 Å². The Hall–Kier alpha value is -6.45. The van der Waals surface area contributed by atoms with Gasteiger partial charge in [-0.2, -0.15) is 0 Å². The molecular weight excluding hydrogens is 597 g/mol. The molecule has 0 aliphatic carbocycles. The molecule has 0 aliphatic rings. The number of terminal acetylenes is 1. The van der Waals surface area contributed by atoms with Crippen molar-refractivity contribution in [1.29, 1.82) is 0 Å². The second kappa shape index (κ2) is 15.0. The van der Waals surface area contributed by atoms with Crippen molar-refractivity contribution in [2.45, 2.75) is 11.0 Å². The number of rotatable bonds is 9. The SMILES string of the molecule is C#CC(O)(/C(=C/C(C#CC=C(c1ccccc1)c1ccccc1)(c1ccccc1)c1ccccc1)C(=O)c1ccccc1)c1ccccc1. The van der Waals surface area contributed by atoms with Crippen molar-refractivity contribution in [3.63, 3.8) is 0 Å². The molecule has 49 heavy (non-hydrogen) atoms. The number of ketones is 1. The number of benzene rings is 6. The highest BCUT2D eigenvalue weighted by Gasteiger charge is 2.41. The molecule has 6 rings (SSSR count). The minimum atomic E-state index is -2.07. The standard InChI is InChI=1S/C47H34O2/c1-2-47(49,42-32-19-8-20-33-42)44(45(48)39-26-13-5-14-27-39)36-46(40-28-15-6-16-29-40,41-30-17-7-18-31-41)35-21-34-43(37-22-9-3-10-23-37)38-24-11-4-12-25-38/h1,3-20,22-34,36,49H/b44-36+. The normalized spacial score (nSPS) is 12.4. The monoisotopic (exact) mass is 630 g/mol. The smallest absolute Gasteiger partial charge is 0.193 e. The maximum atomic E-state index is 14.6. The third-order valence-electron chi connectivity index (χ3n) is 8.55. The molecule has 0 saturated heterocycles. The van der Waals surface area contributed by atoms with Crippen molar-refractivity contribution in [1.82, 2.24) is 0 Å². The van der Waals surface area contributed by atoms with Gasteiger partial charge in [0, 0.05) is 16.7 Å². The summed E-state index contributed by atoms with van der Waals surface area (Å²) in [4.78, 5) is 14.6. The molecule has 1 N–H and O–H groups in total. The van der Waals surface area contributed by atoms with Crippen LogP contribution in [0.4, 0.5) is 0 Å². The van der Waals surface area contributed by atoms with Gasteiger partial charge in [0.2, 0.25) is 0 Å². The van der Waals surface area contributed by atoms with Gasteiger partial charge in [-0.1, -0.05) is 200 Å². The largest absolute Gasteiger partial charge is 0.369 e. The predicted molar refractivity (Wildman–Crippen MR) is 199 cm³/mol. The fraction of sp³-hybridized carbons (Fsp3) is 0.0426. The molecule has 0 bridgehead atoms. The Morgan fingerprint density at radius 2 is 0.898 bits per heavy atom. The molecule has 2 nitrogen and oxygen atoms in total. The summed E-state index contributed by atoms with van der Waals surface area (Å²) in [6.07, 6.45) is 9.87. The highest BCUT2D eigenvalue weighted by atomic mass is 16.3. The van der Waals surface area contributed by atoms with Crippen LogP contribution in [0.25, 0.3) is 5.57 Å². The van der Waals surface area contributed by atoms with Gasteiger partial charge in [0.15, 0.2) is 11.4 Å². The van der Waals surface area contributed by atoms with Crippen LogP contribution < -0.4 is 0 Å². The van der Waals surface area contributed by atoms with Crippen molar-refractivity contribution >= 4 is 11.4 Å². The predicted octanol–water partition coefficient (Wildman–Crippen LogP) is 9.44. The van der Waals surface area contributed by atoms with Crippen molar-refractivity contribution < 1.29 is 9.90 Å². The lowest BCUT2D eigenvalue weighted by Gasteiger charge is -2.32. The Bertz CT molecular complexity index is 2090. The molecule has 1 atom stereocenters. The maximum absolute atomic E-state index is 14.6. The van der Waals surface area contributed by atoms with Crippen LogP contribution in [0.2, 0.25) is 0 Å². The van der Waals surface area contributed by atoms with Gasteiger partial charge in [-0.25, -0.2) is 0 Å². The van der Waals surface area contributed by atoms with Crippen LogP contribution >= 0.6 is 0 Å². The quantitative estimate of drug-likeness (QED) is 0.0982. The average molecular weight is 631 g/mol. The van der Waals surface area contributed by atoms with E-state index in [9.17, 15) is 9.90 Å². The first-order valence-electron chi connectivity index (χ1n) is 16.1. The zero-order chi connectivity index (χ0) is 33.9. The molecule has 0 heterocycles. The fourth-order valence-electron chi connectivity index (χ4n) is 6.00. The molecule has 0 saturated carbocycles. The molecule has 0 aliphatic heterocycles. The maximum Gasteiger partial charge on any atom is 0.193 e.